The number of hydrogen-bond donors (Lipinski definition) is 1. The van der Waals surface area contributed by atoms with E-state index in [1.54, 1.807) is 0 Å². The fourth-order valence-corrected chi connectivity index (χ4v) is 2.43. The molecule has 0 bridgehead atoms. The van der Waals surface area contributed by atoms with Crippen molar-refractivity contribution in [3.05, 3.63) is 58.0 Å². The van der Waals surface area contributed by atoms with Crippen molar-refractivity contribution in [3.8, 4) is 0 Å². The monoisotopic (exact) mass is 322 g/mol. The first-order valence-electron chi connectivity index (χ1n) is 6.33. The summed E-state index contributed by atoms with van der Waals surface area (Å²) in [5, 5.41) is 3.08. The standard InChI is InChI=1S/C15H19BrN2O/c1-17-9-13-7-8-14(19-13)11-18(2)10-12-5-3-4-6-15(12)16/h3-8,17H,9-11H2,1-2H3. The topological polar surface area (TPSA) is 28.4 Å². The Bertz CT molecular complexity index is 524. The molecule has 1 N–H and O–H groups in total. The van der Waals surface area contributed by atoms with E-state index in [0.717, 1.165) is 35.6 Å². The van der Waals surface area contributed by atoms with Crippen LogP contribution in [0.4, 0.5) is 0 Å². The molecule has 0 radical (unpaired) electrons. The minimum Gasteiger partial charge on any atom is -0.463 e. The van der Waals surface area contributed by atoms with Gasteiger partial charge in [0.15, 0.2) is 0 Å². The zero-order chi connectivity index (χ0) is 13.7. The molecule has 19 heavy (non-hydrogen) atoms. The Balaban J connectivity index is 1.93. The van der Waals surface area contributed by atoms with E-state index < -0.39 is 0 Å². The van der Waals surface area contributed by atoms with Crippen LogP contribution in [0.5, 0.6) is 0 Å². The van der Waals surface area contributed by atoms with Crippen molar-refractivity contribution in [3.63, 3.8) is 0 Å². The molecule has 0 amide bonds. The van der Waals surface area contributed by atoms with E-state index in [0.29, 0.717) is 0 Å². The van der Waals surface area contributed by atoms with Crippen LogP contribution < -0.4 is 5.32 Å². The van der Waals surface area contributed by atoms with Gasteiger partial charge < -0.3 is 9.73 Å². The molecule has 4 heteroatoms. The Kier molecular flexibility index (Phi) is 5.19. The van der Waals surface area contributed by atoms with Crippen molar-refractivity contribution >= 4 is 15.9 Å². The van der Waals surface area contributed by atoms with E-state index in [1.807, 2.05) is 25.2 Å². The highest BCUT2D eigenvalue weighted by atomic mass is 79.9. The highest BCUT2D eigenvalue weighted by Crippen LogP contribution is 2.18. The molecule has 102 valence electrons. The lowest BCUT2D eigenvalue weighted by molar-refractivity contribution is 0.282. The van der Waals surface area contributed by atoms with Crippen LogP contribution in [0, 0.1) is 0 Å². The summed E-state index contributed by atoms with van der Waals surface area (Å²) in [6.45, 7) is 2.47. The van der Waals surface area contributed by atoms with E-state index in [-0.39, 0.29) is 0 Å². The average Bonchev–Trinajstić information content (AvgIpc) is 2.80. The van der Waals surface area contributed by atoms with Crippen molar-refractivity contribution < 1.29 is 4.42 Å². The summed E-state index contributed by atoms with van der Waals surface area (Å²) in [5.41, 5.74) is 1.28. The number of nitrogens with zero attached hydrogens (tertiary/aromatic N) is 1. The van der Waals surface area contributed by atoms with E-state index in [4.69, 9.17) is 4.42 Å². The summed E-state index contributed by atoms with van der Waals surface area (Å²) in [6, 6.07) is 12.4. The summed E-state index contributed by atoms with van der Waals surface area (Å²) in [5.74, 6) is 1.98. The molecule has 1 aromatic heterocycles. The normalized spacial score (nSPS) is 11.2. The second kappa shape index (κ2) is 6.89. The fraction of sp³-hybridized carbons (Fsp3) is 0.333. The first-order chi connectivity index (χ1) is 9.19. The van der Waals surface area contributed by atoms with Crippen LogP contribution in [0.25, 0.3) is 0 Å². The lowest BCUT2D eigenvalue weighted by atomic mass is 10.2. The van der Waals surface area contributed by atoms with Gasteiger partial charge in [-0.25, -0.2) is 0 Å². The van der Waals surface area contributed by atoms with Gasteiger partial charge in [0.2, 0.25) is 0 Å². The highest BCUT2D eigenvalue weighted by molar-refractivity contribution is 9.10. The zero-order valence-electron chi connectivity index (χ0n) is 11.3. The van der Waals surface area contributed by atoms with Crippen molar-refractivity contribution in [1.82, 2.24) is 10.2 Å². The molecule has 0 aliphatic heterocycles. The van der Waals surface area contributed by atoms with Gasteiger partial charge in [-0.2, -0.15) is 0 Å². The lowest BCUT2D eigenvalue weighted by Crippen LogP contribution is -2.17. The molecule has 0 aliphatic carbocycles. The van der Waals surface area contributed by atoms with Gasteiger partial charge in [0, 0.05) is 11.0 Å². The number of furan rings is 1. The molecule has 2 rings (SSSR count). The predicted molar refractivity (Wildman–Crippen MR) is 80.8 cm³/mol. The van der Waals surface area contributed by atoms with Crippen molar-refractivity contribution in [2.24, 2.45) is 0 Å². The number of nitrogens with one attached hydrogen (secondary N) is 1. The molecule has 0 saturated heterocycles. The Morgan fingerprint density at radius 3 is 2.58 bits per heavy atom. The number of benzene rings is 1. The second-order valence-corrected chi connectivity index (χ2v) is 5.52. The Hall–Kier alpha value is -1.10. The number of hydrogen-bond acceptors (Lipinski definition) is 3. The van der Waals surface area contributed by atoms with Crippen LogP contribution in [-0.4, -0.2) is 19.0 Å². The second-order valence-electron chi connectivity index (χ2n) is 4.66. The van der Waals surface area contributed by atoms with Crippen LogP contribution in [0.2, 0.25) is 0 Å². The van der Waals surface area contributed by atoms with E-state index in [9.17, 15) is 0 Å². The molecular weight excluding hydrogens is 304 g/mol. The maximum absolute atomic E-state index is 5.75. The Morgan fingerprint density at radius 1 is 1.11 bits per heavy atom. The van der Waals surface area contributed by atoms with Crippen LogP contribution in [-0.2, 0) is 19.6 Å². The summed E-state index contributed by atoms with van der Waals surface area (Å²) < 4.78 is 6.90. The molecule has 1 aromatic carbocycles. The largest absolute Gasteiger partial charge is 0.463 e. The maximum Gasteiger partial charge on any atom is 0.118 e. The smallest absolute Gasteiger partial charge is 0.118 e. The molecule has 0 aliphatic rings. The van der Waals surface area contributed by atoms with Gasteiger partial charge in [0.05, 0.1) is 13.1 Å². The minimum atomic E-state index is 0.772. The molecule has 3 nitrogen and oxygen atoms in total. The van der Waals surface area contributed by atoms with Crippen LogP contribution in [0.3, 0.4) is 0 Å². The quantitative estimate of drug-likeness (QED) is 0.883. The maximum atomic E-state index is 5.75. The molecule has 0 unspecified atom stereocenters. The third-order valence-corrected chi connectivity index (χ3v) is 3.67. The zero-order valence-corrected chi connectivity index (χ0v) is 12.9. The molecule has 0 atom stereocenters. The van der Waals surface area contributed by atoms with Crippen molar-refractivity contribution in [2.75, 3.05) is 14.1 Å². The third kappa shape index (κ3) is 4.20. The van der Waals surface area contributed by atoms with Crippen LogP contribution in [0.1, 0.15) is 17.1 Å². The van der Waals surface area contributed by atoms with Crippen molar-refractivity contribution in [2.45, 2.75) is 19.6 Å². The first-order valence-corrected chi connectivity index (χ1v) is 7.12. The van der Waals surface area contributed by atoms with E-state index in [1.165, 1.54) is 5.56 Å². The van der Waals surface area contributed by atoms with E-state index in [2.05, 4.69) is 51.4 Å². The predicted octanol–water partition coefficient (Wildman–Crippen LogP) is 3.39. The van der Waals surface area contributed by atoms with Crippen molar-refractivity contribution in [1.29, 1.82) is 0 Å². The van der Waals surface area contributed by atoms with Gasteiger partial charge in [0.1, 0.15) is 11.5 Å². The molecule has 0 fully saturated rings. The Morgan fingerprint density at radius 2 is 1.84 bits per heavy atom. The lowest BCUT2D eigenvalue weighted by Gasteiger charge is -2.16. The van der Waals surface area contributed by atoms with Gasteiger partial charge in [0.25, 0.3) is 0 Å². The fourth-order valence-electron chi connectivity index (χ4n) is 2.02. The van der Waals surface area contributed by atoms with Gasteiger partial charge in [-0.05, 0) is 37.9 Å². The van der Waals surface area contributed by atoms with Gasteiger partial charge >= 0.3 is 0 Å². The van der Waals surface area contributed by atoms with Gasteiger partial charge in [-0.15, -0.1) is 0 Å². The summed E-state index contributed by atoms with van der Waals surface area (Å²) in [4.78, 5) is 2.24. The van der Waals surface area contributed by atoms with Gasteiger partial charge in [-0.1, -0.05) is 34.1 Å². The highest BCUT2D eigenvalue weighted by Gasteiger charge is 2.07. The number of halogens is 1. The molecule has 0 saturated carbocycles. The molecule has 0 spiro atoms. The van der Waals surface area contributed by atoms with Crippen LogP contribution >= 0.6 is 15.9 Å². The molecule has 2 aromatic rings. The van der Waals surface area contributed by atoms with Gasteiger partial charge in [-0.3, -0.25) is 4.90 Å². The molecule has 1 heterocycles. The summed E-state index contributed by atoms with van der Waals surface area (Å²) >= 11 is 3.58. The van der Waals surface area contributed by atoms with Crippen LogP contribution in [0.15, 0.2) is 45.3 Å². The SMILES string of the molecule is CNCc1ccc(CN(C)Cc2ccccc2Br)o1. The summed E-state index contributed by atoms with van der Waals surface area (Å²) in [6.07, 6.45) is 0. The minimum absolute atomic E-state index is 0.772. The Labute approximate surface area is 122 Å². The number of rotatable bonds is 6. The molecular formula is C15H19BrN2O. The first kappa shape index (κ1) is 14.3. The third-order valence-electron chi connectivity index (χ3n) is 2.89. The summed E-state index contributed by atoms with van der Waals surface area (Å²) in [7, 11) is 4.01. The van der Waals surface area contributed by atoms with E-state index >= 15 is 0 Å². The average molecular weight is 323 g/mol.